The molecule has 0 spiro atoms. The minimum absolute atomic E-state index is 0.276. The molecule has 0 amide bonds. The Labute approximate surface area is 281 Å². The fraction of sp³-hybridized carbons (Fsp3) is 0.814. The third kappa shape index (κ3) is 15.1. The highest BCUT2D eigenvalue weighted by Crippen LogP contribution is 2.57. The van der Waals surface area contributed by atoms with Crippen LogP contribution in [-0.2, 0) is 9.47 Å². The van der Waals surface area contributed by atoms with Gasteiger partial charge in [-0.15, -0.1) is 0 Å². The summed E-state index contributed by atoms with van der Waals surface area (Å²) in [5.74, 6) is 2.06. The first-order valence-corrected chi connectivity index (χ1v) is 20.1. The highest BCUT2D eigenvalue weighted by atomic mass is 16.8. The molecule has 0 aromatic heterocycles. The largest absolute Gasteiger partial charge is 0.344 e. The van der Waals surface area contributed by atoms with Crippen LogP contribution in [0.25, 0.3) is 0 Å². The van der Waals surface area contributed by atoms with Crippen LogP contribution in [0.1, 0.15) is 188 Å². The average molecular weight is 623 g/mol. The molecular formula is C43H74O2. The lowest BCUT2D eigenvalue weighted by molar-refractivity contribution is -0.196. The third-order valence-corrected chi connectivity index (χ3v) is 10.9. The zero-order chi connectivity index (χ0) is 31.8. The quantitative estimate of drug-likeness (QED) is 0.0638. The molecule has 1 heterocycles. The summed E-state index contributed by atoms with van der Waals surface area (Å²) in [6.45, 7) is 6.97. The van der Waals surface area contributed by atoms with E-state index in [1.54, 1.807) is 0 Å². The molecule has 2 saturated carbocycles. The van der Waals surface area contributed by atoms with E-state index in [1.165, 1.54) is 141 Å². The Morgan fingerprint density at radius 2 is 0.911 bits per heavy atom. The van der Waals surface area contributed by atoms with Crippen LogP contribution in [0.2, 0.25) is 0 Å². The smallest absolute Gasteiger partial charge is 0.169 e. The van der Waals surface area contributed by atoms with Crippen LogP contribution in [0.4, 0.5) is 0 Å². The van der Waals surface area contributed by atoms with E-state index in [2.05, 4.69) is 69.4 Å². The van der Waals surface area contributed by atoms with E-state index in [-0.39, 0.29) is 5.79 Å². The molecule has 0 aromatic rings. The molecule has 0 aromatic carbocycles. The Bertz CT molecular complexity index is 791. The van der Waals surface area contributed by atoms with Crippen LogP contribution < -0.4 is 0 Å². The van der Waals surface area contributed by atoms with Crippen molar-refractivity contribution in [1.82, 2.24) is 0 Å². The van der Waals surface area contributed by atoms with Crippen LogP contribution >= 0.6 is 0 Å². The minimum Gasteiger partial charge on any atom is -0.344 e. The Kier molecular flexibility index (Phi) is 20.5. The number of rotatable bonds is 28. The van der Waals surface area contributed by atoms with Gasteiger partial charge in [-0.05, 0) is 94.8 Å². The SMILES string of the molecule is CCCC/C=C\C/C=C\CCCCCCCCC1(CCCCCCCC/C=C\C/C=C\CCCC)O[C@@H]2C3CC([C@H](C)C3)[C@H]2O1. The van der Waals surface area contributed by atoms with Gasteiger partial charge in [0.15, 0.2) is 5.79 Å². The van der Waals surface area contributed by atoms with E-state index in [0.29, 0.717) is 12.2 Å². The molecule has 1 saturated heterocycles. The van der Waals surface area contributed by atoms with Crippen molar-refractivity contribution >= 4 is 0 Å². The van der Waals surface area contributed by atoms with Crippen molar-refractivity contribution in [3.8, 4) is 0 Å². The zero-order valence-electron chi connectivity index (χ0n) is 30.2. The van der Waals surface area contributed by atoms with Gasteiger partial charge in [-0.1, -0.05) is 146 Å². The number of unbranched alkanes of at least 4 members (excludes halogenated alkanes) is 16. The van der Waals surface area contributed by atoms with Crippen molar-refractivity contribution in [3.63, 3.8) is 0 Å². The van der Waals surface area contributed by atoms with Gasteiger partial charge in [0.1, 0.15) is 0 Å². The van der Waals surface area contributed by atoms with Gasteiger partial charge in [0.2, 0.25) is 0 Å². The number of hydrogen-bond acceptors (Lipinski definition) is 2. The average Bonchev–Trinajstić information content (AvgIpc) is 3.71. The summed E-state index contributed by atoms with van der Waals surface area (Å²) < 4.78 is 13.9. The molecule has 2 heteroatoms. The summed E-state index contributed by atoms with van der Waals surface area (Å²) in [7, 11) is 0. The second-order valence-corrected chi connectivity index (χ2v) is 14.9. The number of hydrogen-bond donors (Lipinski definition) is 0. The van der Waals surface area contributed by atoms with E-state index in [9.17, 15) is 0 Å². The highest BCUT2D eigenvalue weighted by Gasteiger charge is 2.60. The molecule has 3 aliphatic rings. The molecule has 0 N–H and O–H groups in total. The molecule has 5 atom stereocenters. The van der Waals surface area contributed by atoms with Crippen molar-refractivity contribution in [2.24, 2.45) is 17.8 Å². The lowest BCUT2D eigenvalue weighted by Gasteiger charge is -2.30. The molecule has 45 heavy (non-hydrogen) atoms. The van der Waals surface area contributed by atoms with Crippen LogP contribution in [-0.4, -0.2) is 18.0 Å². The zero-order valence-corrected chi connectivity index (χ0v) is 30.2. The fourth-order valence-corrected chi connectivity index (χ4v) is 8.16. The predicted molar refractivity (Wildman–Crippen MR) is 197 cm³/mol. The first kappa shape index (κ1) is 38.3. The van der Waals surface area contributed by atoms with Gasteiger partial charge in [0, 0.05) is 12.8 Å². The molecule has 1 aliphatic heterocycles. The van der Waals surface area contributed by atoms with Crippen molar-refractivity contribution in [3.05, 3.63) is 48.6 Å². The summed E-state index contributed by atoms with van der Waals surface area (Å²) in [5.41, 5.74) is 0. The number of fused-ring (bicyclic) bond motifs is 5. The maximum atomic E-state index is 6.97. The summed E-state index contributed by atoms with van der Waals surface area (Å²) >= 11 is 0. The standard InChI is InChI=1S/C43H74O2/c1-4-6-8-10-12-14-16-18-20-22-24-26-28-30-32-34-43(44-41-39-36-38(3)40(37-39)42(41)45-43)35-33-31-29-27-25-23-21-19-17-15-13-11-9-7-5-2/h10-13,16-19,38-42H,4-9,14-15,20-37H2,1-3H3/b12-10-,13-11-,18-16-,19-17-/t38-,39?,40?,41-,42-/m1/s1. The Morgan fingerprint density at radius 1 is 0.489 bits per heavy atom. The first-order chi connectivity index (χ1) is 22.2. The Balaban J connectivity index is 1.24. The summed E-state index contributed by atoms with van der Waals surface area (Å²) in [5, 5.41) is 0. The van der Waals surface area contributed by atoms with Crippen LogP contribution in [0, 0.1) is 17.8 Å². The first-order valence-electron chi connectivity index (χ1n) is 20.1. The van der Waals surface area contributed by atoms with E-state index in [1.807, 2.05) is 0 Å². The molecule has 2 aliphatic carbocycles. The van der Waals surface area contributed by atoms with Crippen molar-refractivity contribution in [2.75, 3.05) is 0 Å². The summed E-state index contributed by atoms with van der Waals surface area (Å²) in [6.07, 6.45) is 53.0. The molecule has 2 nitrogen and oxygen atoms in total. The maximum absolute atomic E-state index is 6.97. The van der Waals surface area contributed by atoms with E-state index < -0.39 is 0 Å². The Hall–Kier alpha value is -1.12. The van der Waals surface area contributed by atoms with Crippen molar-refractivity contribution < 1.29 is 9.47 Å². The maximum Gasteiger partial charge on any atom is 0.169 e. The topological polar surface area (TPSA) is 18.5 Å². The van der Waals surface area contributed by atoms with Gasteiger partial charge in [0.25, 0.3) is 0 Å². The van der Waals surface area contributed by atoms with E-state index >= 15 is 0 Å². The highest BCUT2D eigenvalue weighted by molar-refractivity contribution is 5.06. The number of allylic oxidation sites excluding steroid dienone is 8. The second kappa shape index (κ2) is 24.1. The fourth-order valence-electron chi connectivity index (χ4n) is 8.16. The van der Waals surface area contributed by atoms with E-state index in [4.69, 9.17) is 9.47 Å². The van der Waals surface area contributed by atoms with Gasteiger partial charge < -0.3 is 9.47 Å². The van der Waals surface area contributed by atoms with Gasteiger partial charge in [-0.3, -0.25) is 0 Å². The molecule has 0 radical (unpaired) electrons. The molecule has 3 fully saturated rings. The summed E-state index contributed by atoms with van der Waals surface area (Å²) in [4.78, 5) is 0. The monoisotopic (exact) mass is 623 g/mol. The molecule has 258 valence electrons. The minimum atomic E-state index is -0.276. The van der Waals surface area contributed by atoms with Crippen molar-refractivity contribution in [1.29, 1.82) is 0 Å². The van der Waals surface area contributed by atoms with Gasteiger partial charge in [0.05, 0.1) is 12.2 Å². The third-order valence-electron chi connectivity index (χ3n) is 10.9. The molecule has 2 unspecified atom stereocenters. The van der Waals surface area contributed by atoms with Crippen LogP contribution in [0.5, 0.6) is 0 Å². The lowest BCUT2D eigenvalue weighted by atomic mass is 9.86. The van der Waals surface area contributed by atoms with Gasteiger partial charge >= 0.3 is 0 Å². The van der Waals surface area contributed by atoms with Gasteiger partial charge in [-0.2, -0.15) is 0 Å². The molecule has 2 bridgehead atoms. The van der Waals surface area contributed by atoms with Crippen LogP contribution in [0.15, 0.2) is 48.6 Å². The van der Waals surface area contributed by atoms with Crippen molar-refractivity contribution in [2.45, 2.75) is 206 Å². The van der Waals surface area contributed by atoms with Gasteiger partial charge in [-0.25, -0.2) is 0 Å². The number of ether oxygens (including phenoxy) is 2. The molecular weight excluding hydrogens is 548 g/mol. The Morgan fingerprint density at radius 3 is 1.40 bits per heavy atom. The lowest BCUT2D eigenvalue weighted by Crippen LogP contribution is -2.33. The van der Waals surface area contributed by atoms with Crippen LogP contribution in [0.3, 0.4) is 0 Å². The van der Waals surface area contributed by atoms with E-state index in [0.717, 1.165) is 43.4 Å². The summed E-state index contributed by atoms with van der Waals surface area (Å²) in [6, 6.07) is 0. The molecule has 3 rings (SSSR count). The second-order valence-electron chi connectivity index (χ2n) is 14.9. The normalized spacial score (nSPS) is 25.7. The predicted octanol–water partition coefficient (Wildman–Crippen LogP) is 13.8.